The van der Waals surface area contributed by atoms with Crippen molar-refractivity contribution < 1.29 is 4.79 Å². The van der Waals surface area contributed by atoms with Crippen LogP contribution in [0, 0.1) is 0 Å². The van der Waals surface area contributed by atoms with Crippen LogP contribution in [0.1, 0.15) is 22.4 Å². The van der Waals surface area contributed by atoms with Crippen molar-refractivity contribution >= 4 is 47.2 Å². The van der Waals surface area contributed by atoms with Crippen LogP contribution in [-0.2, 0) is 24.1 Å². The van der Waals surface area contributed by atoms with Crippen LogP contribution in [0.4, 0.5) is 0 Å². The largest absolute Gasteiger partial charge is 0.356 e. The Bertz CT molecular complexity index is 733. The third-order valence-electron chi connectivity index (χ3n) is 4.00. The number of amides is 1. The van der Waals surface area contributed by atoms with Crippen molar-refractivity contribution in [1.82, 2.24) is 20.5 Å². The highest BCUT2D eigenvalue weighted by Crippen LogP contribution is 2.13. The standard InChI is InChI=1S/C20H29N5OS.HI/c1-4-17-14-23-18(27-17)11-13-22-20(24-15-19(26)25(2)3)21-12-10-16-8-6-5-7-9-16;/h5-9,14H,4,10-13,15H2,1-3H3,(H2,21,22,24);1H. The first-order chi connectivity index (χ1) is 13.1. The van der Waals surface area contributed by atoms with Crippen LogP contribution in [0.3, 0.4) is 0 Å². The number of aryl methyl sites for hydroxylation is 1. The van der Waals surface area contributed by atoms with Gasteiger partial charge in [-0.2, -0.15) is 0 Å². The Morgan fingerprint density at radius 2 is 1.82 bits per heavy atom. The molecule has 1 aromatic heterocycles. The molecule has 0 spiro atoms. The van der Waals surface area contributed by atoms with Gasteiger partial charge in [0.2, 0.25) is 5.91 Å². The molecule has 2 N–H and O–H groups in total. The predicted molar refractivity (Wildman–Crippen MR) is 128 cm³/mol. The highest BCUT2D eigenvalue weighted by atomic mass is 127. The summed E-state index contributed by atoms with van der Waals surface area (Å²) in [6, 6.07) is 10.3. The van der Waals surface area contributed by atoms with Gasteiger partial charge in [0.1, 0.15) is 6.54 Å². The molecule has 1 aromatic carbocycles. The van der Waals surface area contributed by atoms with Gasteiger partial charge in [-0.3, -0.25) is 4.79 Å². The lowest BCUT2D eigenvalue weighted by Gasteiger charge is -2.13. The van der Waals surface area contributed by atoms with Crippen molar-refractivity contribution in [2.45, 2.75) is 26.2 Å². The summed E-state index contributed by atoms with van der Waals surface area (Å²) in [5.74, 6) is 0.639. The third-order valence-corrected chi connectivity index (χ3v) is 5.20. The summed E-state index contributed by atoms with van der Waals surface area (Å²) in [6.07, 6.45) is 4.70. The van der Waals surface area contributed by atoms with Gasteiger partial charge in [-0.05, 0) is 18.4 Å². The number of hydrogen-bond donors (Lipinski definition) is 2. The van der Waals surface area contributed by atoms with Crippen LogP contribution in [0.25, 0.3) is 0 Å². The summed E-state index contributed by atoms with van der Waals surface area (Å²) >= 11 is 1.75. The molecule has 1 amide bonds. The van der Waals surface area contributed by atoms with E-state index in [-0.39, 0.29) is 36.4 Å². The molecule has 0 aliphatic rings. The van der Waals surface area contributed by atoms with Crippen molar-refractivity contribution in [3.63, 3.8) is 0 Å². The smallest absolute Gasteiger partial charge is 0.243 e. The molecule has 0 bridgehead atoms. The van der Waals surface area contributed by atoms with Gasteiger partial charge in [0.05, 0.1) is 5.01 Å². The summed E-state index contributed by atoms with van der Waals surface area (Å²) in [5.41, 5.74) is 1.27. The molecule has 0 unspecified atom stereocenters. The maximum absolute atomic E-state index is 11.8. The lowest BCUT2D eigenvalue weighted by Crippen LogP contribution is -2.40. The van der Waals surface area contributed by atoms with E-state index in [2.05, 4.69) is 39.7 Å². The van der Waals surface area contributed by atoms with E-state index in [0.29, 0.717) is 5.96 Å². The number of hydrogen-bond acceptors (Lipinski definition) is 4. The Balaban J connectivity index is 0.00000392. The first-order valence-corrected chi connectivity index (χ1v) is 10.1. The SMILES string of the molecule is CCc1cnc(CCNC(=NCC(=O)N(C)C)NCCc2ccccc2)s1.I. The van der Waals surface area contributed by atoms with E-state index in [1.54, 1.807) is 30.3 Å². The molecule has 154 valence electrons. The molecular weight excluding hydrogens is 485 g/mol. The molecule has 0 aliphatic carbocycles. The minimum atomic E-state index is -0.0216. The number of guanidine groups is 1. The summed E-state index contributed by atoms with van der Waals surface area (Å²) in [4.78, 5) is 23.5. The fourth-order valence-electron chi connectivity index (χ4n) is 2.35. The Kier molecular flexibility index (Phi) is 11.7. The molecule has 0 aliphatic heterocycles. The van der Waals surface area contributed by atoms with Crippen LogP contribution in [0.15, 0.2) is 41.5 Å². The number of halogens is 1. The first kappa shape index (κ1) is 24.4. The van der Waals surface area contributed by atoms with Gasteiger partial charge in [0.25, 0.3) is 0 Å². The molecule has 2 aromatic rings. The second kappa shape index (κ2) is 13.5. The van der Waals surface area contributed by atoms with Gasteiger partial charge < -0.3 is 15.5 Å². The average molecular weight is 515 g/mol. The predicted octanol–water partition coefficient (Wildman–Crippen LogP) is 2.73. The summed E-state index contributed by atoms with van der Waals surface area (Å²) in [6.45, 7) is 3.75. The Morgan fingerprint density at radius 1 is 1.14 bits per heavy atom. The van der Waals surface area contributed by atoms with E-state index in [4.69, 9.17) is 0 Å². The molecule has 28 heavy (non-hydrogen) atoms. The van der Waals surface area contributed by atoms with Crippen molar-refractivity contribution in [2.75, 3.05) is 33.7 Å². The zero-order chi connectivity index (χ0) is 19.5. The minimum absolute atomic E-state index is 0. The number of aliphatic imine (C=N–C) groups is 1. The number of carbonyl (C=O) groups is 1. The highest BCUT2D eigenvalue weighted by Gasteiger charge is 2.06. The molecule has 0 atom stereocenters. The molecule has 8 heteroatoms. The number of nitrogens with zero attached hydrogens (tertiary/aromatic N) is 3. The molecular formula is C20H30IN5OS. The number of likely N-dealkylation sites (N-methyl/N-ethyl adjacent to an activating group) is 1. The van der Waals surface area contributed by atoms with Gasteiger partial charge in [-0.25, -0.2) is 9.98 Å². The zero-order valence-corrected chi connectivity index (χ0v) is 19.9. The van der Waals surface area contributed by atoms with Gasteiger partial charge in [-0.15, -0.1) is 35.3 Å². The van der Waals surface area contributed by atoms with Crippen molar-refractivity contribution in [1.29, 1.82) is 0 Å². The Morgan fingerprint density at radius 3 is 2.43 bits per heavy atom. The molecule has 6 nitrogen and oxygen atoms in total. The van der Waals surface area contributed by atoms with Crippen LogP contribution in [0.5, 0.6) is 0 Å². The topological polar surface area (TPSA) is 69.6 Å². The molecule has 0 saturated carbocycles. The fraction of sp³-hybridized carbons (Fsp3) is 0.450. The second-order valence-corrected chi connectivity index (χ2v) is 7.57. The number of carbonyl (C=O) groups excluding carboxylic acids is 1. The zero-order valence-electron chi connectivity index (χ0n) is 16.8. The number of thiazole rings is 1. The van der Waals surface area contributed by atoms with E-state index in [0.717, 1.165) is 37.4 Å². The maximum atomic E-state index is 11.8. The maximum Gasteiger partial charge on any atom is 0.243 e. The molecule has 0 saturated heterocycles. The summed E-state index contributed by atoms with van der Waals surface area (Å²) in [5, 5.41) is 7.75. The normalized spacial score (nSPS) is 10.9. The van der Waals surface area contributed by atoms with E-state index in [9.17, 15) is 4.79 Å². The number of rotatable bonds is 9. The van der Waals surface area contributed by atoms with E-state index < -0.39 is 0 Å². The number of aromatic nitrogens is 1. The Hall–Kier alpha value is -1.68. The molecule has 0 fully saturated rings. The van der Waals surface area contributed by atoms with E-state index in [1.807, 2.05) is 24.4 Å². The highest BCUT2D eigenvalue weighted by molar-refractivity contribution is 14.0. The summed E-state index contributed by atoms with van der Waals surface area (Å²) < 4.78 is 0. The quantitative estimate of drug-likeness (QED) is 0.306. The van der Waals surface area contributed by atoms with Gasteiger partial charge in [-0.1, -0.05) is 37.3 Å². The van der Waals surface area contributed by atoms with Crippen LogP contribution < -0.4 is 10.6 Å². The number of nitrogens with one attached hydrogen (secondary N) is 2. The average Bonchev–Trinajstić information content (AvgIpc) is 3.14. The van der Waals surface area contributed by atoms with Crippen molar-refractivity contribution in [3.05, 3.63) is 52.0 Å². The van der Waals surface area contributed by atoms with E-state index in [1.165, 1.54) is 10.4 Å². The number of benzene rings is 1. The molecule has 0 radical (unpaired) electrons. The van der Waals surface area contributed by atoms with Crippen LogP contribution in [0.2, 0.25) is 0 Å². The van der Waals surface area contributed by atoms with Crippen LogP contribution >= 0.6 is 35.3 Å². The van der Waals surface area contributed by atoms with Gasteiger partial charge in [0, 0.05) is 44.7 Å². The lowest BCUT2D eigenvalue weighted by atomic mass is 10.1. The third kappa shape index (κ3) is 9.01. The van der Waals surface area contributed by atoms with Crippen molar-refractivity contribution in [2.24, 2.45) is 4.99 Å². The molecule has 2 rings (SSSR count). The first-order valence-electron chi connectivity index (χ1n) is 9.28. The molecule has 1 heterocycles. The van der Waals surface area contributed by atoms with Gasteiger partial charge in [0.15, 0.2) is 5.96 Å². The van der Waals surface area contributed by atoms with Gasteiger partial charge >= 0.3 is 0 Å². The van der Waals surface area contributed by atoms with E-state index >= 15 is 0 Å². The van der Waals surface area contributed by atoms with Crippen molar-refractivity contribution in [3.8, 4) is 0 Å². The fourth-order valence-corrected chi connectivity index (χ4v) is 3.21. The second-order valence-electron chi connectivity index (χ2n) is 6.37. The summed E-state index contributed by atoms with van der Waals surface area (Å²) in [7, 11) is 3.48. The van der Waals surface area contributed by atoms with Crippen LogP contribution in [-0.4, -0.2) is 55.5 Å². The minimum Gasteiger partial charge on any atom is -0.356 e. The lowest BCUT2D eigenvalue weighted by molar-refractivity contribution is -0.127. The monoisotopic (exact) mass is 515 g/mol. The Labute approximate surface area is 188 Å².